The van der Waals surface area contributed by atoms with Crippen LogP contribution in [0.25, 0.3) is 0 Å². The SMILES string of the molecule is CC(C)(C)OC(=O)C1=C(/C=C/CCl)CS[C@H]2[C@H](NC(=O)/C(=N\OCC(F)(F)F)c3csc(NC=O)n3)C(=O)N12. The molecular formula is C22H23ClF3N5O6S2. The number of aromatic nitrogens is 1. The molecule has 3 rings (SSSR count). The lowest BCUT2D eigenvalue weighted by molar-refractivity contribution is -0.174. The fraction of sp³-hybridized carbons (Fsp3) is 0.455. The summed E-state index contributed by atoms with van der Waals surface area (Å²) < 4.78 is 43.2. The van der Waals surface area contributed by atoms with Crippen LogP contribution in [0.2, 0.25) is 0 Å². The third-order valence-electron chi connectivity index (χ3n) is 4.81. The van der Waals surface area contributed by atoms with Crippen molar-refractivity contribution in [3.8, 4) is 0 Å². The number of carbonyl (C=O) groups is 4. The van der Waals surface area contributed by atoms with Gasteiger partial charge >= 0.3 is 12.1 Å². The van der Waals surface area contributed by atoms with Gasteiger partial charge in [-0.1, -0.05) is 17.3 Å². The minimum Gasteiger partial charge on any atom is -0.455 e. The van der Waals surface area contributed by atoms with Crippen molar-refractivity contribution in [1.29, 1.82) is 0 Å². The zero-order valence-electron chi connectivity index (χ0n) is 20.7. The van der Waals surface area contributed by atoms with Crippen molar-refractivity contribution in [1.82, 2.24) is 15.2 Å². The highest BCUT2D eigenvalue weighted by Gasteiger charge is 2.54. The van der Waals surface area contributed by atoms with E-state index in [4.69, 9.17) is 16.3 Å². The first-order valence-electron chi connectivity index (χ1n) is 11.1. The Bertz CT molecular complexity index is 1230. The molecule has 2 aliphatic rings. The van der Waals surface area contributed by atoms with Gasteiger partial charge in [-0.25, -0.2) is 9.78 Å². The van der Waals surface area contributed by atoms with E-state index in [-0.39, 0.29) is 28.2 Å². The summed E-state index contributed by atoms with van der Waals surface area (Å²) in [5.74, 6) is -1.97. The van der Waals surface area contributed by atoms with E-state index >= 15 is 0 Å². The minimum absolute atomic E-state index is 0.0111. The summed E-state index contributed by atoms with van der Waals surface area (Å²) >= 11 is 7.87. The molecule has 0 unspecified atom stereocenters. The largest absolute Gasteiger partial charge is 0.455 e. The van der Waals surface area contributed by atoms with Crippen LogP contribution in [0.3, 0.4) is 0 Å². The number of thioether (sulfide) groups is 1. The van der Waals surface area contributed by atoms with E-state index in [1.54, 1.807) is 32.9 Å². The Morgan fingerprint density at radius 2 is 2.05 bits per heavy atom. The molecule has 0 aromatic carbocycles. The number of amides is 3. The molecule has 2 atom stereocenters. The molecule has 1 aromatic rings. The molecule has 1 fully saturated rings. The Hall–Kier alpha value is -3.11. The molecule has 2 aliphatic heterocycles. The van der Waals surface area contributed by atoms with Gasteiger partial charge in [-0.2, -0.15) is 13.2 Å². The number of anilines is 1. The number of fused-ring (bicyclic) bond motifs is 1. The number of hydrogen-bond donors (Lipinski definition) is 2. The van der Waals surface area contributed by atoms with Gasteiger partial charge in [-0.05, 0) is 26.3 Å². The number of rotatable bonds is 10. The van der Waals surface area contributed by atoms with E-state index in [1.807, 2.05) is 0 Å². The molecule has 2 N–H and O–H groups in total. The maximum Gasteiger partial charge on any atom is 0.425 e. The number of β-lactam (4-membered cyclic amide) rings is 1. The molecule has 0 aliphatic carbocycles. The van der Waals surface area contributed by atoms with E-state index in [1.165, 1.54) is 22.0 Å². The molecule has 0 saturated carbocycles. The summed E-state index contributed by atoms with van der Waals surface area (Å²) in [4.78, 5) is 59.3. The van der Waals surface area contributed by atoms with Crippen LogP contribution in [0.4, 0.5) is 18.3 Å². The molecule has 212 valence electrons. The lowest BCUT2D eigenvalue weighted by atomic mass is 10.0. The molecule has 17 heteroatoms. The number of allylic oxidation sites excluding steroid dienone is 2. The smallest absolute Gasteiger partial charge is 0.425 e. The van der Waals surface area contributed by atoms with E-state index in [2.05, 4.69) is 25.6 Å². The number of hydrogen-bond acceptors (Lipinski definition) is 10. The third-order valence-corrected chi connectivity index (χ3v) is 7.07. The zero-order chi connectivity index (χ0) is 29.0. The monoisotopic (exact) mass is 609 g/mol. The number of nitrogens with zero attached hydrogens (tertiary/aromatic N) is 3. The van der Waals surface area contributed by atoms with Crippen molar-refractivity contribution >= 4 is 69.7 Å². The number of esters is 1. The maximum atomic E-state index is 13.1. The van der Waals surface area contributed by atoms with Gasteiger partial charge in [-0.3, -0.25) is 19.3 Å². The highest BCUT2D eigenvalue weighted by molar-refractivity contribution is 8.00. The van der Waals surface area contributed by atoms with Gasteiger partial charge < -0.3 is 20.2 Å². The van der Waals surface area contributed by atoms with E-state index in [9.17, 15) is 32.3 Å². The van der Waals surface area contributed by atoms with Crippen molar-refractivity contribution in [2.75, 3.05) is 23.6 Å². The van der Waals surface area contributed by atoms with E-state index in [0.717, 1.165) is 11.3 Å². The first kappa shape index (κ1) is 30.4. The molecule has 3 heterocycles. The first-order valence-corrected chi connectivity index (χ1v) is 13.6. The van der Waals surface area contributed by atoms with Crippen LogP contribution in [-0.2, 0) is 28.8 Å². The van der Waals surface area contributed by atoms with Crippen molar-refractivity contribution in [2.45, 2.75) is 44.0 Å². The molecule has 0 bridgehead atoms. The Morgan fingerprint density at radius 3 is 2.67 bits per heavy atom. The summed E-state index contributed by atoms with van der Waals surface area (Å²) in [7, 11) is 0. The first-order chi connectivity index (χ1) is 18.3. The zero-order valence-corrected chi connectivity index (χ0v) is 23.1. The quantitative estimate of drug-likeness (QED) is 0.103. The topological polar surface area (TPSA) is 139 Å². The maximum absolute atomic E-state index is 13.1. The summed E-state index contributed by atoms with van der Waals surface area (Å²) in [5, 5.41) is 8.59. The number of oxime groups is 1. The van der Waals surface area contributed by atoms with Gasteiger partial charge in [0.25, 0.3) is 11.8 Å². The van der Waals surface area contributed by atoms with Gasteiger partial charge in [0.05, 0.1) is 0 Å². The number of thiazole rings is 1. The predicted octanol–water partition coefficient (Wildman–Crippen LogP) is 2.79. The Morgan fingerprint density at radius 1 is 1.33 bits per heavy atom. The Kier molecular flexibility index (Phi) is 9.66. The number of carbonyl (C=O) groups excluding carboxylic acids is 4. The standard InChI is InChI=1S/C22H23ClF3N5O6S2/c1-21(2,3)37-19(35)15-11(5-4-6-23)7-38-18-14(17(34)31(15)18)29-16(33)13(30-36-9-22(24,25)26)12-8-39-20(28-12)27-10-32/h4-5,8,10,14,18H,6-7,9H2,1-3H3,(H,29,33)(H,27,28,32)/b5-4+,30-13-/t14-,18+/m1/s1. The summed E-state index contributed by atoms with van der Waals surface area (Å²) in [6.07, 6.45) is -1.17. The molecule has 0 radical (unpaired) electrons. The van der Waals surface area contributed by atoms with Gasteiger partial charge in [-0.15, -0.1) is 34.7 Å². The van der Waals surface area contributed by atoms with E-state index < -0.39 is 53.3 Å². The van der Waals surface area contributed by atoms with Crippen LogP contribution in [-0.4, -0.2) is 81.2 Å². The van der Waals surface area contributed by atoms with Crippen LogP contribution >= 0.6 is 34.7 Å². The Labute approximate surface area is 233 Å². The van der Waals surface area contributed by atoms with Gasteiger partial charge in [0.15, 0.2) is 10.8 Å². The van der Waals surface area contributed by atoms with Crippen molar-refractivity contribution in [3.63, 3.8) is 0 Å². The second-order valence-electron chi connectivity index (χ2n) is 8.92. The van der Waals surface area contributed by atoms with Crippen LogP contribution in [0.15, 0.2) is 34.0 Å². The van der Waals surface area contributed by atoms with Crippen LogP contribution < -0.4 is 10.6 Å². The normalized spacial score (nSPS) is 19.9. The minimum atomic E-state index is -4.72. The molecule has 3 amide bonds. The molecule has 0 spiro atoms. The van der Waals surface area contributed by atoms with Crippen LogP contribution in [0, 0.1) is 0 Å². The van der Waals surface area contributed by atoms with E-state index in [0.29, 0.717) is 12.0 Å². The van der Waals surface area contributed by atoms with Gasteiger partial charge in [0, 0.05) is 17.0 Å². The lowest BCUT2D eigenvalue weighted by Gasteiger charge is -2.49. The molecule has 39 heavy (non-hydrogen) atoms. The number of nitrogens with one attached hydrogen (secondary N) is 2. The third kappa shape index (κ3) is 7.73. The van der Waals surface area contributed by atoms with Crippen molar-refractivity contribution < 1.29 is 41.9 Å². The molecular weight excluding hydrogens is 587 g/mol. The van der Waals surface area contributed by atoms with Gasteiger partial charge in [0.1, 0.15) is 28.4 Å². The number of halogens is 4. The number of alkyl halides is 4. The summed E-state index contributed by atoms with van der Waals surface area (Å²) in [6, 6.07) is -1.14. The van der Waals surface area contributed by atoms with Gasteiger partial charge in [0.2, 0.25) is 13.0 Å². The fourth-order valence-electron chi connectivity index (χ4n) is 3.36. The second-order valence-corrected chi connectivity index (χ2v) is 11.2. The summed E-state index contributed by atoms with van der Waals surface area (Å²) in [5.41, 5.74) is -1.16. The molecule has 11 nitrogen and oxygen atoms in total. The summed E-state index contributed by atoms with van der Waals surface area (Å²) in [6.45, 7) is 3.24. The molecule has 1 saturated heterocycles. The average Bonchev–Trinajstić information content (AvgIpc) is 3.29. The predicted molar refractivity (Wildman–Crippen MR) is 138 cm³/mol. The molecule has 1 aromatic heterocycles. The van der Waals surface area contributed by atoms with Crippen molar-refractivity contribution in [2.24, 2.45) is 5.16 Å². The Balaban J connectivity index is 1.85. The fourth-order valence-corrected chi connectivity index (χ4v) is 5.42. The lowest BCUT2D eigenvalue weighted by Crippen LogP contribution is -2.71. The average molecular weight is 610 g/mol. The number of ether oxygens (including phenoxy) is 1. The second kappa shape index (κ2) is 12.4. The van der Waals surface area contributed by atoms with Crippen LogP contribution in [0.5, 0.6) is 0 Å². The highest BCUT2D eigenvalue weighted by atomic mass is 35.5. The highest BCUT2D eigenvalue weighted by Crippen LogP contribution is 2.41. The van der Waals surface area contributed by atoms with Crippen LogP contribution in [0.1, 0.15) is 26.5 Å². The van der Waals surface area contributed by atoms with Crippen molar-refractivity contribution in [3.05, 3.63) is 34.5 Å².